The van der Waals surface area contributed by atoms with E-state index in [1.54, 1.807) is 6.08 Å². The molecule has 0 aromatic rings. The van der Waals surface area contributed by atoms with Crippen molar-refractivity contribution in [1.29, 1.82) is 0 Å². The molecule has 0 saturated heterocycles. The maximum Gasteiger partial charge on any atom is 0.200 e. The third kappa shape index (κ3) is 1.18. The highest BCUT2D eigenvalue weighted by atomic mass is 16.1. The van der Waals surface area contributed by atoms with Crippen LogP contribution in [-0.2, 0) is 4.79 Å². The molecule has 1 heterocycles. The number of dihydropyridines is 1. The Balaban J connectivity index is 2.01. The zero-order valence-corrected chi connectivity index (χ0v) is 7.86. The second-order valence-electron chi connectivity index (χ2n) is 3.96. The third-order valence-electron chi connectivity index (χ3n) is 2.78. The normalized spacial score (nSPS) is 25.1. The van der Waals surface area contributed by atoms with Gasteiger partial charge in [-0.15, -0.1) is 0 Å². The Kier molecular flexibility index (Phi) is 1.57. The van der Waals surface area contributed by atoms with Crippen molar-refractivity contribution in [2.75, 3.05) is 0 Å². The van der Waals surface area contributed by atoms with Gasteiger partial charge in [-0.2, -0.15) is 0 Å². The van der Waals surface area contributed by atoms with Crippen molar-refractivity contribution < 1.29 is 4.79 Å². The average Bonchev–Trinajstić information content (AvgIpc) is 3.00. The monoisotopic (exact) mass is 185 g/mol. The molecule has 3 rings (SSSR count). The van der Waals surface area contributed by atoms with E-state index in [2.05, 4.69) is 17.1 Å². The van der Waals surface area contributed by atoms with Gasteiger partial charge in [-0.05, 0) is 25.3 Å². The molecule has 2 aliphatic carbocycles. The van der Waals surface area contributed by atoms with Gasteiger partial charge >= 0.3 is 0 Å². The van der Waals surface area contributed by atoms with Gasteiger partial charge in [0, 0.05) is 11.5 Å². The Morgan fingerprint density at radius 1 is 1.36 bits per heavy atom. The lowest BCUT2D eigenvalue weighted by atomic mass is 9.98. The summed E-state index contributed by atoms with van der Waals surface area (Å²) in [5, 5.41) is 0. The number of carbonyl (C=O) groups is 1. The fraction of sp³-hybridized carbons (Fsp3) is 0.333. The number of hydrogen-bond acceptors (Lipinski definition) is 2. The lowest BCUT2D eigenvalue weighted by molar-refractivity contribution is -0.109. The molecule has 1 fully saturated rings. The summed E-state index contributed by atoms with van der Waals surface area (Å²) in [4.78, 5) is 16.1. The molecule has 2 nitrogen and oxygen atoms in total. The highest BCUT2D eigenvalue weighted by Gasteiger charge is 2.33. The van der Waals surface area contributed by atoms with E-state index in [0.29, 0.717) is 5.92 Å². The van der Waals surface area contributed by atoms with Crippen LogP contribution in [0.5, 0.6) is 0 Å². The van der Waals surface area contributed by atoms with E-state index >= 15 is 0 Å². The van der Waals surface area contributed by atoms with Gasteiger partial charge in [-0.1, -0.05) is 18.2 Å². The Hall–Kier alpha value is -1.44. The van der Waals surface area contributed by atoms with E-state index in [1.807, 2.05) is 6.08 Å². The summed E-state index contributed by atoms with van der Waals surface area (Å²) in [6.45, 7) is 0. The standard InChI is InChI=1S/C12H11NO/c14-11-7-9-3-1-2-4-10(9)13-12(11)8-5-6-8/h1,3-4,7-8H,2,5-6H2. The SMILES string of the molecule is O=C1C=C2C=CCC=C2N=C1C1CC1. The number of nitrogens with zero attached hydrogens (tertiary/aromatic N) is 1. The van der Waals surface area contributed by atoms with Crippen molar-refractivity contribution in [2.45, 2.75) is 19.3 Å². The van der Waals surface area contributed by atoms with E-state index in [1.165, 1.54) is 0 Å². The van der Waals surface area contributed by atoms with Crippen LogP contribution in [0.25, 0.3) is 0 Å². The van der Waals surface area contributed by atoms with Crippen LogP contribution < -0.4 is 0 Å². The van der Waals surface area contributed by atoms with Crippen molar-refractivity contribution in [3.63, 3.8) is 0 Å². The van der Waals surface area contributed by atoms with Gasteiger partial charge < -0.3 is 0 Å². The third-order valence-corrected chi connectivity index (χ3v) is 2.78. The number of ketones is 1. The van der Waals surface area contributed by atoms with Gasteiger partial charge in [0.05, 0.1) is 11.4 Å². The van der Waals surface area contributed by atoms with E-state index < -0.39 is 0 Å². The van der Waals surface area contributed by atoms with Crippen LogP contribution in [0, 0.1) is 5.92 Å². The van der Waals surface area contributed by atoms with E-state index in [4.69, 9.17) is 0 Å². The molecule has 0 radical (unpaired) electrons. The molecule has 0 atom stereocenters. The molecule has 0 amide bonds. The lowest BCUT2D eigenvalue weighted by Crippen LogP contribution is -2.18. The molecule has 0 N–H and O–H groups in total. The van der Waals surface area contributed by atoms with Crippen LogP contribution in [0.15, 0.2) is 40.6 Å². The molecule has 70 valence electrons. The summed E-state index contributed by atoms with van der Waals surface area (Å²) in [5.41, 5.74) is 2.76. The first-order valence-electron chi connectivity index (χ1n) is 5.06. The van der Waals surface area contributed by atoms with Gasteiger partial charge in [0.1, 0.15) is 0 Å². The number of carbonyl (C=O) groups excluding carboxylic acids is 1. The summed E-state index contributed by atoms with van der Waals surface area (Å²) < 4.78 is 0. The highest BCUT2D eigenvalue weighted by Crippen LogP contribution is 2.34. The van der Waals surface area contributed by atoms with Gasteiger partial charge in [0.25, 0.3) is 0 Å². The van der Waals surface area contributed by atoms with Gasteiger partial charge in [-0.25, -0.2) is 4.99 Å². The fourth-order valence-electron chi connectivity index (χ4n) is 1.86. The summed E-state index contributed by atoms with van der Waals surface area (Å²) in [6.07, 6.45) is 11.1. The number of aliphatic imine (C=N–C) groups is 1. The van der Waals surface area contributed by atoms with Crippen LogP contribution >= 0.6 is 0 Å². The Bertz CT molecular complexity index is 420. The zero-order valence-electron chi connectivity index (χ0n) is 7.86. The first-order valence-corrected chi connectivity index (χ1v) is 5.06. The molecular weight excluding hydrogens is 174 g/mol. The summed E-state index contributed by atoms with van der Waals surface area (Å²) in [7, 11) is 0. The predicted octanol–water partition coefficient (Wildman–Crippen LogP) is 2.19. The molecule has 3 aliphatic rings. The average molecular weight is 185 g/mol. The summed E-state index contributed by atoms with van der Waals surface area (Å²) >= 11 is 0. The second-order valence-corrected chi connectivity index (χ2v) is 3.96. The molecular formula is C12H11NO. The highest BCUT2D eigenvalue weighted by molar-refractivity contribution is 6.46. The first kappa shape index (κ1) is 7.92. The molecule has 0 unspecified atom stereocenters. The maximum absolute atomic E-state index is 11.7. The minimum absolute atomic E-state index is 0.117. The smallest absolute Gasteiger partial charge is 0.200 e. The molecule has 0 bridgehead atoms. The molecule has 14 heavy (non-hydrogen) atoms. The molecule has 0 aromatic heterocycles. The largest absolute Gasteiger partial charge is 0.288 e. The minimum atomic E-state index is 0.117. The van der Waals surface area contributed by atoms with Crippen molar-refractivity contribution in [3.8, 4) is 0 Å². The lowest BCUT2D eigenvalue weighted by Gasteiger charge is -2.14. The molecule has 0 aromatic carbocycles. The number of fused-ring (bicyclic) bond motifs is 1. The molecule has 1 saturated carbocycles. The summed E-state index contributed by atoms with van der Waals surface area (Å²) in [5.74, 6) is 0.568. The van der Waals surface area contributed by atoms with Crippen LogP contribution in [0.2, 0.25) is 0 Å². The predicted molar refractivity (Wildman–Crippen MR) is 55.1 cm³/mol. The van der Waals surface area contributed by atoms with Gasteiger partial charge in [0.15, 0.2) is 0 Å². The number of rotatable bonds is 1. The molecule has 1 aliphatic heterocycles. The Morgan fingerprint density at radius 2 is 2.21 bits per heavy atom. The first-order chi connectivity index (χ1) is 6.84. The molecule has 2 heteroatoms. The van der Waals surface area contributed by atoms with E-state index in [9.17, 15) is 4.79 Å². The van der Waals surface area contributed by atoms with Crippen molar-refractivity contribution in [1.82, 2.24) is 0 Å². The Labute approximate surface area is 82.7 Å². The maximum atomic E-state index is 11.7. The Morgan fingerprint density at radius 3 is 3.00 bits per heavy atom. The summed E-state index contributed by atoms with van der Waals surface area (Å²) in [6, 6.07) is 0. The van der Waals surface area contributed by atoms with Crippen LogP contribution in [-0.4, -0.2) is 11.5 Å². The fourth-order valence-corrected chi connectivity index (χ4v) is 1.86. The number of allylic oxidation sites excluding steroid dienone is 4. The van der Waals surface area contributed by atoms with Crippen molar-refractivity contribution in [3.05, 3.63) is 35.6 Å². The quantitative estimate of drug-likeness (QED) is 0.615. The number of hydrogen-bond donors (Lipinski definition) is 0. The van der Waals surface area contributed by atoms with Gasteiger partial charge in [0.2, 0.25) is 5.78 Å². The van der Waals surface area contributed by atoms with Gasteiger partial charge in [-0.3, -0.25) is 4.79 Å². The van der Waals surface area contributed by atoms with Crippen LogP contribution in [0.1, 0.15) is 19.3 Å². The van der Waals surface area contributed by atoms with E-state index in [0.717, 1.165) is 36.2 Å². The van der Waals surface area contributed by atoms with Crippen LogP contribution in [0.4, 0.5) is 0 Å². The van der Waals surface area contributed by atoms with E-state index in [-0.39, 0.29) is 5.78 Å². The van der Waals surface area contributed by atoms with Crippen LogP contribution in [0.3, 0.4) is 0 Å². The minimum Gasteiger partial charge on any atom is -0.288 e. The topological polar surface area (TPSA) is 29.4 Å². The van der Waals surface area contributed by atoms with Crippen molar-refractivity contribution >= 4 is 11.5 Å². The molecule has 0 spiro atoms. The van der Waals surface area contributed by atoms with Crippen molar-refractivity contribution in [2.24, 2.45) is 10.9 Å². The second kappa shape index (κ2) is 2.77. The zero-order chi connectivity index (χ0) is 9.54.